The number of nitrogens with zero attached hydrogens (tertiary/aromatic N) is 1. The van der Waals surface area contributed by atoms with Gasteiger partial charge in [-0.3, -0.25) is 9.69 Å². The molecule has 0 unspecified atom stereocenters. The van der Waals surface area contributed by atoms with E-state index in [0.29, 0.717) is 33.9 Å². The molecule has 1 aromatic carbocycles. The van der Waals surface area contributed by atoms with Crippen molar-refractivity contribution in [2.24, 2.45) is 0 Å². The van der Waals surface area contributed by atoms with E-state index in [1.54, 1.807) is 13.2 Å². The number of thiocarbonyl (C=S) groups is 1. The SMILES string of the molecule is C=CCN1C(=O)/C(=C/c2cc(I)c(OCC)c(OC)c2)SC1=S. The largest absolute Gasteiger partial charge is 0.493 e. The van der Waals surface area contributed by atoms with Crippen molar-refractivity contribution < 1.29 is 14.3 Å². The molecule has 2 rings (SSSR count). The first kappa shape index (κ1) is 18.3. The third-order valence-electron chi connectivity index (χ3n) is 3.02. The van der Waals surface area contributed by atoms with Crippen LogP contribution in [0.25, 0.3) is 6.08 Å². The van der Waals surface area contributed by atoms with Crippen LogP contribution in [-0.2, 0) is 4.79 Å². The molecule has 0 bridgehead atoms. The van der Waals surface area contributed by atoms with Crippen molar-refractivity contribution in [3.8, 4) is 11.5 Å². The highest BCUT2D eigenvalue weighted by Crippen LogP contribution is 2.37. The van der Waals surface area contributed by atoms with Crippen LogP contribution < -0.4 is 9.47 Å². The number of ether oxygens (including phenoxy) is 2. The number of thioether (sulfide) groups is 1. The van der Waals surface area contributed by atoms with Gasteiger partial charge in [-0.15, -0.1) is 6.58 Å². The maximum Gasteiger partial charge on any atom is 0.266 e. The monoisotopic (exact) mass is 461 g/mol. The first-order valence-corrected chi connectivity index (χ1v) is 9.18. The van der Waals surface area contributed by atoms with Crippen molar-refractivity contribution >= 4 is 62.9 Å². The van der Waals surface area contributed by atoms with Gasteiger partial charge in [-0.25, -0.2) is 0 Å². The van der Waals surface area contributed by atoms with E-state index in [9.17, 15) is 4.79 Å². The van der Waals surface area contributed by atoms with E-state index in [1.807, 2.05) is 25.1 Å². The van der Waals surface area contributed by atoms with Crippen LogP contribution in [-0.4, -0.2) is 35.4 Å². The highest BCUT2D eigenvalue weighted by molar-refractivity contribution is 14.1. The molecule has 0 radical (unpaired) electrons. The van der Waals surface area contributed by atoms with Crippen molar-refractivity contribution in [3.05, 3.63) is 38.8 Å². The number of benzene rings is 1. The van der Waals surface area contributed by atoms with Gasteiger partial charge >= 0.3 is 0 Å². The molecule has 122 valence electrons. The molecular formula is C16H16INO3S2. The molecule has 1 amide bonds. The van der Waals surface area contributed by atoms with Crippen molar-refractivity contribution in [1.29, 1.82) is 0 Å². The molecule has 0 aliphatic carbocycles. The van der Waals surface area contributed by atoms with Gasteiger partial charge < -0.3 is 9.47 Å². The van der Waals surface area contributed by atoms with E-state index in [-0.39, 0.29) is 5.91 Å². The minimum absolute atomic E-state index is 0.0947. The number of hydrogen-bond donors (Lipinski definition) is 0. The minimum atomic E-state index is -0.0947. The lowest BCUT2D eigenvalue weighted by Crippen LogP contribution is -2.27. The molecule has 1 aliphatic heterocycles. The quantitative estimate of drug-likeness (QED) is 0.276. The highest BCUT2D eigenvalue weighted by atomic mass is 127. The molecular weight excluding hydrogens is 445 g/mol. The van der Waals surface area contributed by atoms with E-state index in [1.165, 1.54) is 16.7 Å². The highest BCUT2D eigenvalue weighted by Gasteiger charge is 2.31. The molecule has 0 saturated carbocycles. The van der Waals surface area contributed by atoms with Crippen LogP contribution in [0.3, 0.4) is 0 Å². The van der Waals surface area contributed by atoms with Crippen molar-refractivity contribution in [2.45, 2.75) is 6.92 Å². The van der Waals surface area contributed by atoms with E-state index in [2.05, 4.69) is 29.2 Å². The van der Waals surface area contributed by atoms with Gasteiger partial charge in [0.25, 0.3) is 5.91 Å². The molecule has 0 aromatic heterocycles. The Balaban J connectivity index is 2.36. The van der Waals surface area contributed by atoms with Gasteiger partial charge in [0.1, 0.15) is 4.32 Å². The number of hydrogen-bond acceptors (Lipinski definition) is 5. The van der Waals surface area contributed by atoms with Gasteiger partial charge in [0, 0.05) is 6.54 Å². The van der Waals surface area contributed by atoms with Gasteiger partial charge in [-0.2, -0.15) is 0 Å². The molecule has 23 heavy (non-hydrogen) atoms. The third kappa shape index (κ3) is 4.07. The van der Waals surface area contributed by atoms with Crippen molar-refractivity contribution in [1.82, 2.24) is 4.90 Å². The number of carbonyl (C=O) groups is 1. The van der Waals surface area contributed by atoms with Gasteiger partial charge in [-0.1, -0.05) is 30.1 Å². The average molecular weight is 461 g/mol. The Bertz CT molecular complexity index is 688. The predicted octanol–water partition coefficient (Wildman–Crippen LogP) is 4.09. The van der Waals surface area contributed by atoms with Crippen molar-refractivity contribution in [2.75, 3.05) is 20.3 Å². The summed E-state index contributed by atoms with van der Waals surface area (Å²) in [6.45, 7) is 6.56. The zero-order valence-electron chi connectivity index (χ0n) is 12.8. The predicted molar refractivity (Wildman–Crippen MR) is 107 cm³/mol. The summed E-state index contributed by atoms with van der Waals surface area (Å²) in [6.07, 6.45) is 3.49. The fraction of sp³-hybridized carbons (Fsp3) is 0.250. The fourth-order valence-electron chi connectivity index (χ4n) is 2.05. The molecule has 1 saturated heterocycles. The third-order valence-corrected chi connectivity index (χ3v) is 5.20. The van der Waals surface area contributed by atoms with Crippen LogP contribution in [0.2, 0.25) is 0 Å². The standard InChI is InChI=1S/C16H16INO3S2/c1-4-6-18-15(19)13(23-16(18)22)9-10-7-11(17)14(21-5-2)12(8-10)20-3/h4,7-9H,1,5-6H2,2-3H3/b13-9-. The summed E-state index contributed by atoms with van der Waals surface area (Å²) in [5.74, 6) is 1.27. The Kier molecular flexibility index (Phi) is 6.49. The Hall–Kier alpha value is -1.06. The van der Waals surface area contributed by atoms with Crippen LogP contribution in [0.15, 0.2) is 29.7 Å². The molecule has 0 atom stereocenters. The summed E-state index contributed by atoms with van der Waals surface area (Å²) in [4.78, 5) is 14.5. The lowest BCUT2D eigenvalue weighted by atomic mass is 10.2. The summed E-state index contributed by atoms with van der Waals surface area (Å²) in [6, 6.07) is 3.81. The lowest BCUT2D eigenvalue weighted by Gasteiger charge is -2.12. The van der Waals surface area contributed by atoms with Crippen LogP contribution >= 0.6 is 46.6 Å². The number of methoxy groups -OCH3 is 1. The van der Waals surface area contributed by atoms with Crippen LogP contribution in [0.1, 0.15) is 12.5 Å². The first-order valence-electron chi connectivity index (χ1n) is 6.88. The molecule has 0 spiro atoms. The summed E-state index contributed by atoms with van der Waals surface area (Å²) in [5, 5.41) is 0. The molecule has 1 aliphatic rings. The summed E-state index contributed by atoms with van der Waals surface area (Å²) in [5.41, 5.74) is 0.869. The van der Waals surface area contributed by atoms with Crippen LogP contribution in [0.5, 0.6) is 11.5 Å². The maximum atomic E-state index is 12.4. The second-order valence-corrected chi connectivity index (χ2v) is 7.39. The molecule has 4 nitrogen and oxygen atoms in total. The van der Waals surface area contributed by atoms with Gasteiger partial charge in [0.05, 0.1) is 22.2 Å². The summed E-state index contributed by atoms with van der Waals surface area (Å²) < 4.78 is 12.5. The van der Waals surface area contributed by atoms with E-state index < -0.39 is 0 Å². The Morgan fingerprint density at radius 2 is 2.22 bits per heavy atom. The molecule has 1 heterocycles. The smallest absolute Gasteiger partial charge is 0.266 e. The fourth-order valence-corrected chi connectivity index (χ4v) is 4.10. The summed E-state index contributed by atoms with van der Waals surface area (Å²) >= 11 is 8.73. The van der Waals surface area contributed by atoms with Crippen LogP contribution in [0, 0.1) is 3.57 Å². The zero-order chi connectivity index (χ0) is 17.0. The Labute approximate surface area is 159 Å². The van der Waals surface area contributed by atoms with Gasteiger partial charge in [0.2, 0.25) is 0 Å². The van der Waals surface area contributed by atoms with E-state index >= 15 is 0 Å². The number of amides is 1. The Morgan fingerprint density at radius 1 is 1.48 bits per heavy atom. The summed E-state index contributed by atoms with van der Waals surface area (Å²) in [7, 11) is 1.60. The van der Waals surface area contributed by atoms with E-state index in [0.717, 1.165) is 9.13 Å². The topological polar surface area (TPSA) is 38.8 Å². The second kappa shape index (κ2) is 8.16. The van der Waals surface area contributed by atoms with Crippen molar-refractivity contribution in [3.63, 3.8) is 0 Å². The Morgan fingerprint density at radius 3 is 2.83 bits per heavy atom. The normalized spacial score (nSPS) is 16.1. The number of rotatable bonds is 6. The number of carbonyl (C=O) groups excluding carboxylic acids is 1. The molecule has 0 N–H and O–H groups in total. The van der Waals surface area contributed by atoms with Gasteiger partial charge in [-0.05, 0) is 53.3 Å². The maximum absolute atomic E-state index is 12.4. The molecule has 7 heteroatoms. The number of halogens is 1. The minimum Gasteiger partial charge on any atom is -0.493 e. The second-order valence-electron chi connectivity index (χ2n) is 4.55. The lowest BCUT2D eigenvalue weighted by molar-refractivity contribution is -0.121. The van der Waals surface area contributed by atoms with Crippen LogP contribution in [0.4, 0.5) is 0 Å². The molecule has 1 aromatic rings. The average Bonchev–Trinajstić information content (AvgIpc) is 2.77. The molecule has 1 fully saturated rings. The van der Waals surface area contributed by atoms with Gasteiger partial charge in [0.15, 0.2) is 11.5 Å². The van der Waals surface area contributed by atoms with E-state index in [4.69, 9.17) is 21.7 Å². The first-order chi connectivity index (χ1) is 11.0. The zero-order valence-corrected chi connectivity index (χ0v) is 16.6.